The lowest BCUT2D eigenvalue weighted by atomic mass is 10.2. The van der Waals surface area contributed by atoms with Crippen LogP contribution in [0.1, 0.15) is 0 Å². The van der Waals surface area contributed by atoms with Crippen molar-refractivity contribution in [3.05, 3.63) is 45.8 Å². The Balaban J connectivity index is 2.59. The van der Waals surface area contributed by atoms with Crippen LogP contribution in [0.3, 0.4) is 0 Å². The van der Waals surface area contributed by atoms with Gasteiger partial charge < -0.3 is 0 Å². The van der Waals surface area contributed by atoms with Crippen molar-refractivity contribution in [1.82, 2.24) is 0 Å². The molecule has 1 aromatic carbocycles. The summed E-state index contributed by atoms with van der Waals surface area (Å²) in [6, 6.07) is 9.47. The summed E-state index contributed by atoms with van der Waals surface area (Å²) in [6.07, 6.45) is 0. The second-order valence-electron chi connectivity index (χ2n) is 2.52. The minimum Gasteiger partial charge on any atom is -0.134 e. The van der Waals surface area contributed by atoms with Crippen LogP contribution in [0.25, 0.3) is 10.4 Å². The number of hydrogen-bond donors (Lipinski definition) is 0. The van der Waals surface area contributed by atoms with Crippen LogP contribution in [-0.4, -0.2) is 0 Å². The molecule has 0 bridgehead atoms. The molecule has 1 aromatic heterocycles. The molecule has 0 saturated carbocycles. The predicted molar refractivity (Wildman–Crippen MR) is 58.6 cm³/mol. The van der Waals surface area contributed by atoms with Gasteiger partial charge in [0.2, 0.25) is 0 Å². The molecule has 0 atom stereocenters. The Labute approximate surface area is 90.7 Å². The fourth-order valence-electron chi connectivity index (χ4n) is 1.08. The van der Waals surface area contributed by atoms with E-state index in [4.69, 9.17) is 23.2 Å². The van der Waals surface area contributed by atoms with Crippen molar-refractivity contribution in [2.45, 2.75) is 0 Å². The quantitative estimate of drug-likeness (QED) is 0.673. The highest BCUT2D eigenvalue weighted by Gasteiger charge is 2.06. The first kappa shape index (κ1) is 9.07. The number of benzene rings is 1. The maximum atomic E-state index is 6.05. The first-order chi connectivity index (χ1) is 6.29. The maximum absolute atomic E-state index is 6.05. The highest BCUT2D eigenvalue weighted by molar-refractivity contribution is 7.13. The van der Waals surface area contributed by atoms with E-state index in [9.17, 15) is 0 Å². The normalized spacial score (nSPS) is 10.3. The molecule has 0 aliphatic heterocycles. The first-order valence-corrected chi connectivity index (χ1v) is 5.26. The standard InChI is InChI=1S/C10H5Cl2S/c11-8-4-1-3-7(10(8)12)9-5-2-6-13-9/h1-5H. The van der Waals surface area contributed by atoms with Crippen molar-refractivity contribution >= 4 is 34.5 Å². The molecule has 0 amide bonds. The smallest absolute Gasteiger partial charge is 0.0678 e. The molecular formula is C10H5Cl2S. The fraction of sp³-hybridized carbons (Fsp3) is 0. The van der Waals surface area contributed by atoms with E-state index in [1.54, 1.807) is 6.07 Å². The van der Waals surface area contributed by atoms with Crippen molar-refractivity contribution in [3.8, 4) is 10.4 Å². The Bertz CT molecular complexity index is 407. The monoisotopic (exact) mass is 227 g/mol. The molecule has 3 heteroatoms. The minimum absolute atomic E-state index is 0.590. The lowest BCUT2D eigenvalue weighted by Gasteiger charge is -2.01. The van der Waals surface area contributed by atoms with E-state index < -0.39 is 0 Å². The number of hydrogen-bond acceptors (Lipinski definition) is 1. The molecule has 1 heterocycles. The molecule has 0 aliphatic carbocycles. The summed E-state index contributed by atoms with van der Waals surface area (Å²) in [5.41, 5.74) is 0.973. The summed E-state index contributed by atoms with van der Waals surface area (Å²) in [5, 5.41) is 4.22. The summed E-state index contributed by atoms with van der Waals surface area (Å²) >= 11 is 13.5. The van der Waals surface area contributed by atoms with Gasteiger partial charge in [-0.2, -0.15) is 0 Å². The predicted octanol–water partition coefficient (Wildman–Crippen LogP) is 4.52. The molecule has 0 unspecified atom stereocenters. The van der Waals surface area contributed by atoms with Gasteiger partial charge in [-0.15, -0.1) is 11.3 Å². The zero-order chi connectivity index (χ0) is 9.26. The largest absolute Gasteiger partial charge is 0.134 e. The highest BCUT2D eigenvalue weighted by atomic mass is 35.5. The van der Waals surface area contributed by atoms with Gasteiger partial charge in [-0.05, 0) is 18.2 Å². The van der Waals surface area contributed by atoms with Gasteiger partial charge in [0.15, 0.2) is 0 Å². The van der Waals surface area contributed by atoms with Crippen LogP contribution < -0.4 is 0 Å². The van der Waals surface area contributed by atoms with Crippen LogP contribution in [0.2, 0.25) is 10.0 Å². The van der Waals surface area contributed by atoms with Crippen LogP contribution in [0.5, 0.6) is 0 Å². The Morgan fingerprint density at radius 3 is 2.69 bits per heavy atom. The molecule has 0 nitrogen and oxygen atoms in total. The van der Waals surface area contributed by atoms with E-state index in [0.29, 0.717) is 10.0 Å². The van der Waals surface area contributed by atoms with Gasteiger partial charge in [0, 0.05) is 15.8 Å². The summed E-state index contributed by atoms with van der Waals surface area (Å²) < 4.78 is 0. The van der Waals surface area contributed by atoms with E-state index in [-0.39, 0.29) is 0 Å². The highest BCUT2D eigenvalue weighted by Crippen LogP contribution is 2.35. The van der Waals surface area contributed by atoms with Gasteiger partial charge in [-0.25, -0.2) is 0 Å². The van der Waals surface area contributed by atoms with Crippen molar-refractivity contribution < 1.29 is 0 Å². The van der Waals surface area contributed by atoms with E-state index in [1.165, 1.54) is 11.3 Å². The molecule has 2 aromatic rings. The summed E-state index contributed by atoms with van der Waals surface area (Å²) in [7, 11) is 0. The van der Waals surface area contributed by atoms with Gasteiger partial charge >= 0.3 is 0 Å². The first-order valence-electron chi connectivity index (χ1n) is 3.69. The van der Waals surface area contributed by atoms with Gasteiger partial charge in [-0.3, -0.25) is 0 Å². The Morgan fingerprint density at radius 2 is 2.00 bits per heavy atom. The van der Waals surface area contributed by atoms with E-state index >= 15 is 0 Å². The third kappa shape index (κ3) is 1.73. The lowest BCUT2D eigenvalue weighted by molar-refractivity contribution is 1.69. The third-order valence-corrected chi connectivity index (χ3v) is 3.34. The maximum Gasteiger partial charge on any atom is 0.0678 e. The molecule has 0 spiro atoms. The van der Waals surface area contributed by atoms with Crippen molar-refractivity contribution in [3.63, 3.8) is 0 Å². The third-order valence-electron chi connectivity index (χ3n) is 1.69. The fourth-order valence-corrected chi connectivity index (χ4v) is 2.22. The van der Waals surface area contributed by atoms with Crippen LogP contribution in [0.4, 0.5) is 0 Å². The van der Waals surface area contributed by atoms with Crippen molar-refractivity contribution in [2.75, 3.05) is 0 Å². The molecular weight excluding hydrogens is 223 g/mol. The topological polar surface area (TPSA) is 0 Å². The van der Waals surface area contributed by atoms with Gasteiger partial charge in [0.05, 0.1) is 10.0 Å². The molecule has 65 valence electrons. The summed E-state index contributed by atoms with van der Waals surface area (Å²) in [6.45, 7) is 0. The van der Waals surface area contributed by atoms with Gasteiger partial charge in [0.1, 0.15) is 0 Å². The number of rotatable bonds is 1. The molecule has 13 heavy (non-hydrogen) atoms. The molecule has 0 N–H and O–H groups in total. The van der Waals surface area contributed by atoms with Crippen molar-refractivity contribution in [2.24, 2.45) is 0 Å². The van der Waals surface area contributed by atoms with E-state index in [0.717, 1.165) is 10.4 Å². The molecule has 0 aliphatic rings. The number of thiophene rings is 1. The second-order valence-corrected chi connectivity index (χ2v) is 4.18. The Hall–Kier alpha value is -0.500. The van der Waals surface area contributed by atoms with E-state index in [1.807, 2.05) is 24.3 Å². The molecule has 0 fully saturated rings. The average molecular weight is 228 g/mol. The second kappa shape index (κ2) is 3.70. The zero-order valence-electron chi connectivity index (χ0n) is 6.55. The van der Waals surface area contributed by atoms with E-state index in [2.05, 4.69) is 5.38 Å². The summed E-state index contributed by atoms with van der Waals surface area (Å²) in [4.78, 5) is 1.09. The van der Waals surface area contributed by atoms with Crippen LogP contribution in [0.15, 0.2) is 30.3 Å². The van der Waals surface area contributed by atoms with Crippen molar-refractivity contribution in [1.29, 1.82) is 0 Å². The minimum atomic E-state index is 0.590. The SMILES string of the molecule is Clc1cccc(-c2cc[c]s2)c1Cl. The van der Waals surface area contributed by atoms with Crippen LogP contribution in [-0.2, 0) is 0 Å². The molecule has 2 rings (SSSR count). The Morgan fingerprint density at radius 1 is 1.15 bits per heavy atom. The van der Waals surface area contributed by atoms with Gasteiger partial charge in [0.25, 0.3) is 0 Å². The Kier molecular flexibility index (Phi) is 2.58. The van der Waals surface area contributed by atoms with Crippen LogP contribution >= 0.6 is 34.5 Å². The van der Waals surface area contributed by atoms with Crippen LogP contribution in [0, 0.1) is 5.38 Å². The summed E-state index contributed by atoms with van der Waals surface area (Å²) in [5.74, 6) is 0. The molecule has 0 saturated heterocycles. The van der Waals surface area contributed by atoms with Gasteiger partial charge in [-0.1, -0.05) is 35.3 Å². The molecule has 1 radical (unpaired) electrons. The lowest BCUT2D eigenvalue weighted by Crippen LogP contribution is -1.75. The number of halogens is 2. The zero-order valence-corrected chi connectivity index (χ0v) is 8.88. The average Bonchev–Trinajstić information content (AvgIpc) is 2.62.